The fourth-order valence-electron chi connectivity index (χ4n) is 4.23. The third-order valence-corrected chi connectivity index (χ3v) is 5.85. The molecule has 28 heavy (non-hydrogen) atoms. The molecule has 1 saturated carbocycles. The number of rotatable bonds is 3. The minimum atomic E-state index is -0.715. The Kier molecular flexibility index (Phi) is 5.02. The molecule has 1 N–H and O–H groups in total. The van der Waals surface area contributed by atoms with Crippen LogP contribution in [0.4, 0.5) is 0 Å². The highest BCUT2D eigenvalue weighted by Gasteiger charge is 2.50. The molecule has 1 amide bonds. The Morgan fingerprint density at radius 1 is 1.07 bits per heavy atom. The number of aliphatic hydroxyl groups excluding tert-OH is 1. The number of hydrogen-bond donors (Lipinski definition) is 1. The number of hydrogen-bond acceptors (Lipinski definition) is 4. The lowest BCUT2D eigenvalue weighted by atomic mass is 9.92. The van der Waals surface area contributed by atoms with Crippen LogP contribution in [-0.2, 0) is 9.59 Å². The van der Waals surface area contributed by atoms with E-state index in [9.17, 15) is 14.7 Å². The molecule has 1 atom stereocenters. The first-order chi connectivity index (χ1) is 13.5. The van der Waals surface area contributed by atoms with Crippen LogP contribution in [0, 0.1) is 6.92 Å². The SMILES string of the molecule is Cc1ccc(C2/C(=C(/O)c3ccc(Cl)cc3)C(=O)C(=O)N2C2CCCCC2)o1. The van der Waals surface area contributed by atoms with Crippen molar-refractivity contribution in [3.05, 3.63) is 64.1 Å². The predicted octanol–water partition coefficient (Wildman–Crippen LogP) is 5.00. The summed E-state index contributed by atoms with van der Waals surface area (Å²) in [5.41, 5.74) is 0.520. The van der Waals surface area contributed by atoms with E-state index < -0.39 is 17.7 Å². The van der Waals surface area contributed by atoms with Gasteiger partial charge in [-0.15, -0.1) is 0 Å². The van der Waals surface area contributed by atoms with Crippen molar-refractivity contribution in [2.75, 3.05) is 0 Å². The molecule has 1 saturated heterocycles. The molecule has 0 radical (unpaired) electrons. The first-order valence-corrected chi connectivity index (χ1v) is 9.97. The molecule has 5 nitrogen and oxygen atoms in total. The molecule has 1 aliphatic carbocycles. The van der Waals surface area contributed by atoms with Crippen LogP contribution in [0.1, 0.15) is 55.2 Å². The third kappa shape index (κ3) is 3.24. The first kappa shape index (κ1) is 18.8. The Hall–Kier alpha value is -2.53. The Morgan fingerprint density at radius 2 is 1.75 bits per heavy atom. The fourth-order valence-corrected chi connectivity index (χ4v) is 4.35. The fraction of sp³-hybridized carbons (Fsp3) is 0.364. The number of ketones is 1. The molecule has 0 spiro atoms. The van der Waals surface area contributed by atoms with E-state index in [-0.39, 0.29) is 17.4 Å². The second-order valence-corrected chi connectivity index (χ2v) is 7.89. The van der Waals surface area contributed by atoms with E-state index in [0.717, 1.165) is 32.1 Å². The highest BCUT2D eigenvalue weighted by Crippen LogP contribution is 2.43. The summed E-state index contributed by atoms with van der Waals surface area (Å²) < 4.78 is 5.81. The number of Topliss-reactive ketones (excluding diaryl/α,β-unsaturated/α-hetero) is 1. The van der Waals surface area contributed by atoms with E-state index in [2.05, 4.69) is 0 Å². The van der Waals surface area contributed by atoms with Crippen LogP contribution in [0.5, 0.6) is 0 Å². The van der Waals surface area contributed by atoms with E-state index in [1.165, 1.54) is 0 Å². The Labute approximate surface area is 168 Å². The highest BCUT2D eigenvalue weighted by molar-refractivity contribution is 6.46. The minimum Gasteiger partial charge on any atom is -0.507 e. The maximum atomic E-state index is 13.0. The molecule has 6 heteroatoms. The number of carbonyl (C=O) groups excluding carboxylic acids is 2. The lowest BCUT2D eigenvalue weighted by Crippen LogP contribution is -2.40. The van der Waals surface area contributed by atoms with Gasteiger partial charge in [0, 0.05) is 16.6 Å². The topological polar surface area (TPSA) is 70.8 Å². The van der Waals surface area contributed by atoms with Gasteiger partial charge in [-0.1, -0.05) is 30.9 Å². The van der Waals surface area contributed by atoms with Gasteiger partial charge in [0.25, 0.3) is 11.7 Å². The number of likely N-dealkylation sites (tertiary alicyclic amines) is 1. The van der Waals surface area contributed by atoms with Gasteiger partial charge in [0.1, 0.15) is 23.3 Å². The van der Waals surface area contributed by atoms with Crippen molar-refractivity contribution in [1.29, 1.82) is 0 Å². The number of benzene rings is 1. The van der Waals surface area contributed by atoms with Gasteiger partial charge in [0.2, 0.25) is 0 Å². The molecule has 2 fully saturated rings. The minimum absolute atomic E-state index is 0.0314. The predicted molar refractivity (Wildman–Crippen MR) is 106 cm³/mol. The zero-order valence-corrected chi connectivity index (χ0v) is 16.4. The average Bonchev–Trinajstić information content (AvgIpc) is 3.24. The summed E-state index contributed by atoms with van der Waals surface area (Å²) in [5, 5.41) is 11.5. The summed E-state index contributed by atoms with van der Waals surface area (Å²) in [6.07, 6.45) is 4.88. The summed E-state index contributed by atoms with van der Waals surface area (Å²) in [4.78, 5) is 27.5. The Morgan fingerprint density at radius 3 is 2.36 bits per heavy atom. The van der Waals surface area contributed by atoms with Crippen LogP contribution >= 0.6 is 11.6 Å². The number of aryl methyl sites for hydroxylation is 1. The van der Waals surface area contributed by atoms with Crippen LogP contribution < -0.4 is 0 Å². The Balaban J connectivity index is 1.85. The van der Waals surface area contributed by atoms with Gasteiger partial charge in [0.15, 0.2) is 0 Å². The van der Waals surface area contributed by atoms with E-state index in [1.54, 1.807) is 41.3 Å². The summed E-state index contributed by atoms with van der Waals surface area (Å²) in [5.74, 6) is -0.251. The van der Waals surface area contributed by atoms with E-state index in [0.29, 0.717) is 22.1 Å². The maximum absolute atomic E-state index is 13.0. The maximum Gasteiger partial charge on any atom is 0.296 e. The standard InChI is InChI=1S/C22H22ClNO4/c1-13-7-12-17(28-13)19-18(20(25)14-8-10-15(23)11-9-14)21(26)22(27)24(19)16-5-3-2-4-6-16/h7-12,16,19,25H,2-6H2,1H3/b20-18-. The summed E-state index contributed by atoms with van der Waals surface area (Å²) in [6, 6.07) is 9.38. The van der Waals surface area contributed by atoms with E-state index in [1.807, 2.05) is 6.92 Å². The number of furan rings is 1. The second-order valence-electron chi connectivity index (χ2n) is 7.45. The number of amides is 1. The average molecular weight is 400 g/mol. The monoisotopic (exact) mass is 399 g/mol. The van der Waals surface area contributed by atoms with Crippen molar-refractivity contribution in [1.82, 2.24) is 4.90 Å². The molecule has 1 aromatic carbocycles. The van der Waals surface area contributed by atoms with Gasteiger partial charge >= 0.3 is 0 Å². The number of halogens is 1. The smallest absolute Gasteiger partial charge is 0.296 e. The van der Waals surface area contributed by atoms with Gasteiger partial charge in [-0.3, -0.25) is 9.59 Å². The summed E-state index contributed by atoms with van der Waals surface area (Å²) in [6.45, 7) is 1.81. The molecule has 1 unspecified atom stereocenters. The van der Waals surface area contributed by atoms with Crippen molar-refractivity contribution in [3.8, 4) is 0 Å². The van der Waals surface area contributed by atoms with Gasteiger partial charge in [-0.2, -0.15) is 0 Å². The van der Waals surface area contributed by atoms with Crippen molar-refractivity contribution in [2.24, 2.45) is 0 Å². The second kappa shape index (κ2) is 7.47. The van der Waals surface area contributed by atoms with Gasteiger partial charge < -0.3 is 14.4 Å². The van der Waals surface area contributed by atoms with Gasteiger partial charge in [-0.25, -0.2) is 0 Å². The molecule has 4 rings (SSSR count). The van der Waals surface area contributed by atoms with Crippen molar-refractivity contribution in [3.63, 3.8) is 0 Å². The number of carbonyl (C=O) groups is 2. The zero-order valence-electron chi connectivity index (χ0n) is 15.7. The van der Waals surface area contributed by atoms with Crippen LogP contribution in [0.2, 0.25) is 5.02 Å². The van der Waals surface area contributed by atoms with Crippen molar-refractivity contribution >= 4 is 29.1 Å². The number of nitrogens with zero attached hydrogens (tertiary/aromatic N) is 1. The number of aliphatic hydroxyl groups is 1. The quantitative estimate of drug-likeness (QED) is 0.448. The highest BCUT2D eigenvalue weighted by atomic mass is 35.5. The molecular weight excluding hydrogens is 378 g/mol. The first-order valence-electron chi connectivity index (χ1n) is 9.59. The normalized spacial score (nSPS) is 22.8. The summed E-state index contributed by atoms with van der Waals surface area (Å²) in [7, 11) is 0. The molecule has 1 aromatic heterocycles. The van der Waals surface area contributed by atoms with E-state index in [4.69, 9.17) is 16.0 Å². The largest absolute Gasteiger partial charge is 0.507 e. The van der Waals surface area contributed by atoms with E-state index >= 15 is 0 Å². The Bertz CT molecular complexity index is 938. The van der Waals surface area contributed by atoms with Crippen LogP contribution in [0.25, 0.3) is 5.76 Å². The van der Waals surface area contributed by atoms with Gasteiger partial charge in [-0.05, 0) is 56.2 Å². The van der Waals surface area contributed by atoms with Crippen LogP contribution in [0.15, 0.2) is 46.4 Å². The molecule has 0 bridgehead atoms. The summed E-state index contributed by atoms with van der Waals surface area (Å²) >= 11 is 5.94. The van der Waals surface area contributed by atoms with Crippen LogP contribution in [-0.4, -0.2) is 27.7 Å². The molecule has 2 aromatic rings. The lowest BCUT2D eigenvalue weighted by Gasteiger charge is -2.34. The van der Waals surface area contributed by atoms with Crippen molar-refractivity contribution in [2.45, 2.75) is 51.1 Å². The molecule has 1 aliphatic heterocycles. The van der Waals surface area contributed by atoms with Crippen molar-refractivity contribution < 1.29 is 19.1 Å². The van der Waals surface area contributed by atoms with Gasteiger partial charge in [0.05, 0.1) is 5.57 Å². The molecular formula is C22H22ClNO4. The lowest BCUT2D eigenvalue weighted by molar-refractivity contribution is -0.142. The third-order valence-electron chi connectivity index (χ3n) is 5.60. The molecule has 2 aliphatic rings. The molecule has 146 valence electrons. The zero-order chi connectivity index (χ0) is 19.8. The molecule has 2 heterocycles. The van der Waals surface area contributed by atoms with Crippen LogP contribution in [0.3, 0.4) is 0 Å².